The van der Waals surface area contributed by atoms with Gasteiger partial charge in [-0.3, -0.25) is 0 Å². The highest BCUT2D eigenvalue weighted by Crippen LogP contribution is 2.10. The summed E-state index contributed by atoms with van der Waals surface area (Å²) in [7, 11) is 0. The van der Waals surface area contributed by atoms with Crippen LogP contribution < -0.4 is 5.32 Å². The number of nitrogens with zero attached hydrogens (tertiary/aromatic N) is 1. The summed E-state index contributed by atoms with van der Waals surface area (Å²) in [5.74, 6) is 1.08. The van der Waals surface area contributed by atoms with Crippen LogP contribution in [0.15, 0.2) is 12.4 Å². The summed E-state index contributed by atoms with van der Waals surface area (Å²) in [6.07, 6.45) is 1.32. The molecule has 1 N–H and O–H groups in total. The third kappa shape index (κ3) is 1.66. The zero-order valence-corrected chi connectivity index (χ0v) is 6.85. The molecule has 2 heteroatoms. The molecule has 1 heterocycles. The average molecular weight is 140 g/mol. The van der Waals surface area contributed by atoms with E-state index in [0.717, 1.165) is 5.82 Å². The lowest BCUT2D eigenvalue weighted by Gasteiger charge is -2.35. The van der Waals surface area contributed by atoms with E-state index in [0.29, 0.717) is 6.04 Å². The van der Waals surface area contributed by atoms with Gasteiger partial charge in [0.15, 0.2) is 0 Å². The summed E-state index contributed by atoms with van der Waals surface area (Å²) in [6, 6.07) is 0.507. The smallest absolute Gasteiger partial charge is 0.0940 e. The SMILES string of the molecule is C=C(NC(C)C)N1CCC1. The monoisotopic (exact) mass is 140 g/mol. The molecule has 0 unspecified atom stereocenters. The molecule has 1 fully saturated rings. The van der Waals surface area contributed by atoms with E-state index in [4.69, 9.17) is 0 Å². The molecule has 0 aromatic carbocycles. The lowest BCUT2D eigenvalue weighted by Crippen LogP contribution is -2.42. The molecule has 0 spiro atoms. The Hall–Kier alpha value is -0.660. The molecule has 0 aromatic rings. The average Bonchev–Trinajstić information content (AvgIpc) is 1.55. The van der Waals surface area contributed by atoms with E-state index in [1.807, 2.05) is 0 Å². The highest BCUT2D eigenvalue weighted by molar-refractivity contribution is 4.95. The first-order chi connectivity index (χ1) is 4.70. The fourth-order valence-electron chi connectivity index (χ4n) is 1.01. The van der Waals surface area contributed by atoms with Crippen molar-refractivity contribution >= 4 is 0 Å². The Kier molecular flexibility index (Phi) is 2.20. The minimum Gasteiger partial charge on any atom is -0.370 e. The van der Waals surface area contributed by atoms with Crippen molar-refractivity contribution in [3.05, 3.63) is 12.4 Å². The van der Waals surface area contributed by atoms with Crippen LogP contribution in [-0.2, 0) is 0 Å². The number of likely N-dealkylation sites (tertiary alicyclic amines) is 1. The van der Waals surface area contributed by atoms with Crippen LogP contribution in [0.2, 0.25) is 0 Å². The van der Waals surface area contributed by atoms with Crippen LogP contribution in [0.5, 0.6) is 0 Å². The van der Waals surface area contributed by atoms with Crippen LogP contribution in [0, 0.1) is 0 Å². The van der Waals surface area contributed by atoms with Gasteiger partial charge in [0, 0.05) is 19.1 Å². The topological polar surface area (TPSA) is 15.3 Å². The van der Waals surface area contributed by atoms with Crippen molar-refractivity contribution in [2.75, 3.05) is 13.1 Å². The molecule has 0 bridgehead atoms. The molecule has 1 aliphatic rings. The molecule has 0 saturated carbocycles. The van der Waals surface area contributed by atoms with Gasteiger partial charge in [0.05, 0.1) is 5.82 Å². The van der Waals surface area contributed by atoms with Gasteiger partial charge in [-0.15, -0.1) is 0 Å². The molecule has 10 heavy (non-hydrogen) atoms. The van der Waals surface area contributed by atoms with Gasteiger partial charge in [0.1, 0.15) is 0 Å². The Bertz CT molecular complexity index is 125. The second-order valence-corrected chi connectivity index (χ2v) is 3.09. The molecule has 1 aliphatic heterocycles. The lowest BCUT2D eigenvalue weighted by molar-refractivity contribution is 0.219. The zero-order chi connectivity index (χ0) is 7.56. The van der Waals surface area contributed by atoms with E-state index in [-0.39, 0.29) is 0 Å². The maximum atomic E-state index is 3.93. The second kappa shape index (κ2) is 2.95. The standard InChI is InChI=1S/C8H16N2/c1-7(2)9-8(3)10-5-4-6-10/h7,9H,3-6H2,1-2H3. The van der Waals surface area contributed by atoms with Gasteiger partial charge < -0.3 is 10.2 Å². The Balaban J connectivity index is 2.20. The summed E-state index contributed by atoms with van der Waals surface area (Å²) in [6.45, 7) is 10.5. The van der Waals surface area contributed by atoms with Crippen LogP contribution in [0.4, 0.5) is 0 Å². The van der Waals surface area contributed by atoms with Crippen molar-refractivity contribution in [3.8, 4) is 0 Å². The van der Waals surface area contributed by atoms with E-state index in [2.05, 4.69) is 30.6 Å². The maximum absolute atomic E-state index is 3.93. The van der Waals surface area contributed by atoms with Gasteiger partial charge in [-0.1, -0.05) is 6.58 Å². The molecule has 2 nitrogen and oxygen atoms in total. The van der Waals surface area contributed by atoms with E-state index in [1.54, 1.807) is 0 Å². The number of hydrogen-bond acceptors (Lipinski definition) is 2. The minimum absolute atomic E-state index is 0.507. The van der Waals surface area contributed by atoms with E-state index in [9.17, 15) is 0 Å². The predicted molar refractivity (Wildman–Crippen MR) is 43.6 cm³/mol. The fourth-order valence-corrected chi connectivity index (χ4v) is 1.01. The normalized spacial score (nSPS) is 16.9. The predicted octanol–water partition coefficient (Wildman–Crippen LogP) is 1.16. The third-order valence-electron chi connectivity index (χ3n) is 1.69. The van der Waals surface area contributed by atoms with Crippen LogP contribution in [0.3, 0.4) is 0 Å². The largest absolute Gasteiger partial charge is 0.370 e. The quantitative estimate of drug-likeness (QED) is 0.633. The highest BCUT2D eigenvalue weighted by atomic mass is 15.3. The van der Waals surface area contributed by atoms with E-state index in [1.165, 1.54) is 19.5 Å². The van der Waals surface area contributed by atoms with Gasteiger partial charge in [0.2, 0.25) is 0 Å². The van der Waals surface area contributed by atoms with Crippen LogP contribution in [0.1, 0.15) is 20.3 Å². The fraction of sp³-hybridized carbons (Fsp3) is 0.750. The number of hydrogen-bond donors (Lipinski definition) is 1. The number of rotatable bonds is 3. The Morgan fingerprint density at radius 3 is 2.40 bits per heavy atom. The van der Waals surface area contributed by atoms with Gasteiger partial charge in [-0.25, -0.2) is 0 Å². The van der Waals surface area contributed by atoms with Gasteiger partial charge in [-0.05, 0) is 20.3 Å². The maximum Gasteiger partial charge on any atom is 0.0940 e. The highest BCUT2D eigenvalue weighted by Gasteiger charge is 2.14. The summed E-state index contributed by atoms with van der Waals surface area (Å²) >= 11 is 0. The van der Waals surface area contributed by atoms with E-state index >= 15 is 0 Å². The van der Waals surface area contributed by atoms with Crippen LogP contribution in [-0.4, -0.2) is 24.0 Å². The number of nitrogens with one attached hydrogen (secondary N) is 1. The molecular formula is C8H16N2. The summed E-state index contributed by atoms with van der Waals surface area (Å²) in [5, 5.41) is 3.28. The Morgan fingerprint density at radius 1 is 1.50 bits per heavy atom. The van der Waals surface area contributed by atoms with Crippen LogP contribution in [0.25, 0.3) is 0 Å². The lowest BCUT2D eigenvalue weighted by atomic mass is 10.2. The van der Waals surface area contributed by atoms with Crippen molar-refractivity contribution in [1.82, 2.24) is 10.2 Å². The molecule has 58 valence electrons. The summed E-state index contributed by atoms with van der Waals surface area (Å²) < 4.78 is 0. The van der Waals surface area contributed by atoms with Crippen molar-refractivity contribution < 1.29 is 0 Å². The van der Waals surface area contributed by atoms with E-state index < -0.39 is 0 Å². The van der Waals surface area contributed by atoms with Crippen LogP contribution >= 0.6 is 0 Å². The third-order valence-corrected chi connectivity index (χ3v) is 1.69. The van der Waals surface area contributed by atoms with Crippen molar-refractivity contribution in [1.29, 1.82) is 0 Å². The van der Waals surface area contributed by atoms with Crippen molar-refractivity contribution in [2.24, 2.45) is 0 Å². The molecule has 0 radical (unpaired) electrons. The molecule has 0 aliphatic carbocycles. The zero-order valence-electron chi connectivity index (χ0n) is 6.85. The first-order valence-corrected chi connectivity index (χ1v) is 3.90. The Labute approximate surface area is 62.9 Å². The first kappa shape index (κ1) is 7.45. The molecule has 0 atom stereocenters. The molecule has 1 saturated heterocycles. The summed E-state index contributed by atoms with van der Waals surface area (Å²) in [4.78, 5) is 2.26. The Morgan fingerprint density at radius 2 is 2.10 bits per heavy atom. The van der Waals surface area contributed by atoms with Gasteiger partial charge in [-0.2, -0.15) is 0 Å². The molecular weight excluding hydrogens is 124 g/mol. The van der Waals surface area contributed by atoms with Gasteiger partial charge in [0.25, 0.3) is 0 Å². The summed E-state index contributed by atoms with van der Waals surface area (Å²) in [5.41, 5.74) is 0. The van der Waals surface area contributed by atoms with Crippen molar-refractivity contribution in [3.63, 3.8) is 0 Å². The molecule has 1 rings (SSSR count). The van der Waals surface area contributed by atoms with Gasteiger partial charge >= 0.3 is 0 Å². The minimum atomic E-state index is 0.507. The van der Waals surface area contributed by atoms with Crippen molar-refractivity contribution in [2.45, 2.75) is 26.3 Å². The second-order valence-electron chi connectivity index (χ2n) is 3.09. The first-order valence-electron chi connectivity index (χ1n) is 3.90. The molecule has 0 aromatic heterocycles. The molecule has 0 amide bonds.